The maximum atomic E-state index is 13.3. The van der Waals surface area contributed by atoms with Gasteiger partial charge in [-0.3, -0.25) is 4.79 Å². The number of amides is 1. The third kappa shape index (κ3) is 3.69. The Bertz CT molecular complexity index is 815. The number of nitrogens with one attached hydrogen (secondary N) is 1. The van der Waals surface area contributed by atoms with E-state index in [1.54, 1.807) is 0 Å². The normalized spacial score (nSPS) is 18.0. The Morgan fingerprint density at radius 2 is 1.74 bits per heavy atom. The van der Waals surface area contributed by atoms with E-state index in [0.717, 1.165) is 27.1 Å². The molecular formula is C21H22BrNO4. The SMILES string of the molecule is O=C(NCc1cccc2c1OCCO2)C1(c2ccc(Br)cc2)CCOCC1. The van der Waals surface area contributed by atoms with Gasteiger partial charge in [-0.05, 0) is 36.6 Å². The molecule has 1 fully saturated rings. The minimum Gasteiger partial charge on any atom is -0.486 e. The Hall–Kier alpha value is -2.05. The quantitative estimate of drug-likeness (QED) is 0.803. The molecule has 0 saturated carbocycles. The van der Waals surface area contributed by atoms with Crippen molar-refractivity contribution in [2.75, 3.05) is 26.4 Å². The summed E-state index contributed by atoms with van der Waals surface area (Å²) in [6.07, 6.45) is 1.35. The van der Waals surface area contributed by atoms with E-state index < -0.39 is 5.41 Å². The van der Waals surface area contributed by atoms with Crippen LogP contribution in [0, 0.1) is 0 Å². The van der Waals surface area contributed by atoms with E-state index in [0.29, 0.717) is 45.8 Å². The summed E-state index contributed by atoms with van der Waals surface area (Å²) < 4.78 is 17.9. The van der Waals surface area contributed by atoms with Crippen LogP contribution in [0.2, 0.25) is 0 Å². The summed E-state index contributed by atoms with van der Waals surface area (Å²) in [6, 6.07) is 13.8. The maximum absolute atomic E-state index is 13.3. The molecule has 0 spiro atoms. The van der Waals surface area contributed by atoms with Crippen LogP contribution in [0.3, 0.4) is 0 Å². The molecule has 1 N–H and O–H groups in total. The van der Waals surface area contributed by atoms with Gasteiger partial charge in [0.25, 0.3) is 0 Å². The molecule has 2 aliphatic rings. The highest BCUT2D eigenvalue weighted by molar-refractivity contribution is 9.10. The molecule has 1 saturated heterocycles. The zero-order valence-electron chi connectivity index (χ0n) is 15.0. The molecule has 0 radical (unpaired) electrons. The van der Waals surface area contributed by atoms with Crippen LogP contribution < -0.4 is 14.8 Å². The van der Waals surface area contributed by atoms with Gasteiger partial charge in [0.2, 0.25) is 5.91 Å². The van der Waals surface area contributed by atoms with Crippen molar-refractivity contribution < 1.29 is 19.0 Å². The highest BCUT2D eigenvalue weighted by atomic mass is 79.9. The average molecular weight is 432 g/mol. The summed E-state index contributed by atoms with van der Waals surface area (Å²) in [5, 5.41) is 3.13. The fraction of sp³-hybridized carbons (Fsp3) is 0.381. The van der Waals surface area contributed by atoms with Gasteiger partial charge in [-0.15, -0.1) is 0 Å². The van der Waals surface area contributed by atoms with Crippen molar-refractivity contribution in [3.63, 3.8) is 0 Å². The van der Waals surface area contributed by atoms with Crippen molar-refractivity contribution in [2.24, 2.45) is 0 Å². The predicted molar refractivity (Wildman–Crippen MR) is 105 cm³/mol. The van der Waals surface area contributed by atoms with Crippen molar-refractivity contribution >= 4 is 21.8 Å². The first kappa shape index (κ1) is 18.3. The molecular weight excluding hydrogens is 410 g/mol. The van der Waals surface area contributed by atoms with Gasteiger partial charge in [-0.25, -0.2) is 0 Å². The number of halogens is 1. The van der Waals surface area contributed by atoms with Crippen molar-refractivity contribution in [3.8, 4) is 11.5 Å². The number of ether oxygens (including phenoxy) is 3. The lowest BCUT2D eigenvalue weighted by atomic mass is 9.73. The Balaban J connectivity index is 1.55. The van der Waals surface area contributed by atoms with E-state index in [1.807, 2.05) is 42.5 Å². The fourth-order valence-corrected chi connectivity index (χ4v) is 4.02. The lowest BCUT2D eigenvalue weighted by Crippen LogP contribution is -2.47. The van der Waals surface area contributed by atoms with Gasteiger partial charge in [0.05, 0.1) is 5.41 Å². The molecule has 1 amide bonds. The molecule has 142 valence electrons. The predicted octanol–water partition coefficient (Wildman–Crippen LogP) is 3.58. The molecule has 5 nitrogen and oxygen atoms in total. The first-order valence-electron chi connectivity index (χ1n) is 9.19. The van der Waals surface area contributed by atoms with Crippen LogP contribution in [0.25, 0.3) is 0 Å². The Labute approximate surface area is 167 Å². The fourth-order valence-electron chi connectivity index (χ4n) is 3.75. The van der Waals surface area contributed by atoms with E-state index in [9.17, 15) is 4.79 Å². The highest BCUT2D eigenvalue weighted by Crippen LogP contribution is 2.37. The molecule has 0 bridgehead atoms. The Morgan fingerprint density at radius 3 is 2.52 bits per heavy atom. The topological polar surface area (TPSA) is 56.8 Å². The van der Waals surface area contributed by atoms with Crippen LogP contribution in [0.15, 0.2) is 46.9 Å². The first-order valence-corrected chi connectivity index (χ1v) is 9.98. The lowest BCUT2D eigenvalue weighted by Gasteiger charge is -2.36. The minimum absolute atomic E-state index is 0.0300. The molecule has 2 aromatic rings. The van der Waals surface area contributed by atoms with Gasteiger partial charge in [0, 0.05) is 29.8 Å². The van der Waals surface area contributed by atoms with Crippen LogP contribution in [0.5, 0.6) is 11.5 Å². The van der Waals surface area contributed by atoms with E-state index in [2.05, 4.69) is 21.2 Å². The van der Waals surface area contributed by atoms with E-state index in [4.69, 9.17) is 14.2 Å². The molecule has 0 atom stereocenters. The molecule has 0 aliphatic carbocycles. The third-order valence-electron chi connectivity index (χ3n) is 5.26. The van der Waals surface area contributed by atoms with Crippen molar-refractivity contribution in [1.82, 2.24) is 5.32 Å². The molecule has 2 heterocycles. The van der Waals surface area contributed by atoms with Crippen LogP contribution in [0.4, 0.5) is 0 Å². The van der Waals surface area contributed by atoms with Gasteiger partial charge in [0.15, 0.2) is 11.5 Å². The number of fused-ring (bicyclic) bond motifs is 1. The van der Waals surface area contributed by atoms with Crippen LogP contribution in [0.1, 0.15) is 24.0 Å². The second-order valence-corrected chi connectivity index (χ2v) is 7.74. The van der Waals surface area contributed by atoms with Gasteiger partial charge in [-0.1, -0.05) is 40.2 Å². The third-order valence-corrected chi connectivity index (χ3v) is 5.79. The maximum Gasteiger partial charge on any atom is 0.231 e. The monoisotopic (exact) mass is 431 g/mol. The number of hydrogen-bond donors (Lipinski definition) is 1. The van der Waals surface area contributed by atoms with Gasteiger partial charge in [0.1, 0.15) is 13.2 Å². The molecule has 2 aromatic carbocycles. The van der Waals surface area contributed by atoms with Gasteiger partial charge < -0.3 is 19.5 Å². The van der Waals surface area contributed by atoms with Crippen LogP contribution >= 0.6 is 15.9 Å². The minimum atomic E-state index is -0.564. The zero-order valence-corrected chi connectivity index (χ0v) is 16.6. The second kappa shape index (κ2) is 7.90. The number of para-hydroxylation sites is 1. The second-order valence-electron chi connectivity index (χ2n) is 6.83. The Kier molecular flexibility index (Phi) is 5.36. The summed E-state index contributed by atoms with van der Waals surface area (Å²) in [7, 11) is 0. The largest absolute Gasteiger partial charge is 0.486 e. The Morgan fingerprint density at radius 1 is 1.00 bits per heavy atom. The van der Waals surface area contributed by atoms with E-state index >= 15 is 0 Å². The summed E-state index contributed by atoms with van der Waals surface area (Å²) in [6.45, 7) is 2.65. The molecule has 4 rings (SSSR count). The van der Waals surface area contributed by atoms with Crippen molar-refractivity contribution in [3.05, 3.63) is 58.1 Å². The molecule has 6 heteroatoms. The van der Waals surface area contributed by atoms with Crippen LogP contribution in [-0.2, 0) is 21.5 Å². The van der Waals surface area contributed by atoms with Crippen molar-refractivity contribution in [1.29, 1.82) is 0 Å². The standard InChI is InChI=1S/C21H22BrNO4/c22-17-6-4-16(5-7-17)21(8-10-25-11-9-21)20(24)23-14-15-2-1-3-18-19(15)27-13-12-26-18/h1-7H,8-14H2,(H,23,24). The van der Waals surface area contributed by atoms with Crippen LogP contribution in [-0.4, -0.2) is 32.3 Å². The van der Waals surface area contributed by atoms with Crippen molar-refractivity contribution in [2.45, 2.75) is 24.8 Å². The molecule has 0 aromatic heterocycles. The smallest absolute Gasteiger partial charge is 0.231 e. The number of carbonyl (C=O) groups excluding carboxylic acids is 1. The van der Waals surface area contributed by atoms with Gasteiger partial charge >= 0.3 is 0 Å². The number of hydrogen-bond acceptors (Lipinski definition) is 4. The number of carbonyl (C=O) groups is 1. The summed E-state index contributed by atoms with van der Waals surface area (Å²) >= 11 is 3.47. The highest BCUT2D eigenvalue weighted by Gasteiger charge is 2.41. The number of benzene rings is 2. The summed E-state index contributed by atoms with van der Waals surface area (Å²) in [5.41, 5.74) is 1.39. The summed E-state index contributed by atoms with van der Waals surface area (Å²) in [5.74, 6) is 1.50. The number of rotatable bonds is 4. The molecule has 27 heavy (non-hydrogen) atoms. The first-order chi connectivity index (χ1) is 13.2. The average Bonchev–Trinajstić information content (AvgIpc) is 2.73. The van der Waals surface area contributed by atoms with Gasteiger partial charge in [-0.2, -0.15) is 0 Å². The molecule has 2 aliphatic heterocycles. The summed E-state index contributed by atoms with van der Waals surface area (Å²) in [4.78, 5) is 13.3. The zero-order chi connectivity index (χ0) is 18.7. The van der Waals surface area contributed by atoms with E-state index in [-0.39, 0.29) is 5.91 Å². The van der Waals surface area contributed by atoms with E-state index in [1.165, 1.54) is 0 Å². The lowest BCUT2D eigenvalue weighted by molar-refractivity contribution is -0.130. The molecule has 0 unspecified atom stereocenters.